The first-order valence-corrected chi connectivity index (χ1v) is 8.99. The fraction of sp³-hybridized carbons (Fsp3) is 0.0435. The summed E-state index contributed by atoms with van der Waals surface area (Å²) in [6, 6.07) is 23.2. The van der Waals surface area contributed by atoms with Crippen LogP contribution in [-0.2, 0) is 0 Å². The van der Waals surface area contributed by atoms with E-state index in [1.54, 1.807) is 36.7 Å². The molecule has 0 amide bonds. The molecule has 0 spiro atoms. The van der Waals surface area contributed by atoms with Gasteiger partial charge in [0, 0.05) is 18.1 Å². The molecule has 0 N–H and O–H groups in total. The molecule has 2 heterocycles. The lowest BCUT2D eigenvalue weighted by Crippen LogP contribution is -2.12. The fourth-order valence-corrected chi connectivity index (χ4v) is 2.88. The van der Waals surface area contributed by atoms with Gasteiger partial charge in [-0.2, -0.15) is 0 Å². The summed E-state index contributed by atoms with van der Waals surface area (Å²) < 4.78 is 25.1. The van der Waals surface area contributed by atoms with E-state index >= 15 is 0 Å². The van der Waals surface area contributed by atoms with Crippen LogP contribution in [0.5, 0.6) is 17.2 Å². The van der Waals surface area contributed by atoms with E-state index in [1.165, 1.54) is 13.2 Å². The van der Waals surface area contributed by atoms with E-state index in [9.17, 15) is 4.39 Å². The smallest absolute Gasteiger partial charge is 0.204 e. The summed E-state index contributed by atoms with van der Waals surface area (Å²) in [5, 5.41) is 0. The first kappa shape index (κ1) is 18.4. The number of hydrogen-bond acceptors (Lipinski definition) is 5. The van der Waals surface area contributed by atoms with Gasteiger partial charge in [-0.15, -0.1) is 0 Å². The summed E-state index contributed by atoms with van der Waals surface area (Å²) >= 11 is 0. The van der Waals surface area contributed by atoms with Crippen LogP contribution in [-0.4, -0.2) is 17.1 Å². The van der Waals surface area contributed by atoms with E-state index in [4.69, 9.17) is 9.47 Å². The van der Waals surface area contributed by atoms with Crippen molar-refractivity contribution in [2.75, 3.05) is 12.0 Å². The van der Waals surface area contributed by atoms with Crippen molar-refractivity contribution in [3.63, 3.8) is 0 Å². The Morgan fingerprint density at radius 2 is 1.41 bits per heavy atom. The first-order chi connectivity index (χ1) is 14.3. The normalized spacial score (nSPS) is 10.4. The summed E-state index contributed by atoms with van der Waals surface area (Å²) in [6.45, 7) is 0. The lowest BCUT2D eigenvalue weighted by atomic mass is 10.2. The maximum absolute atomic E-state index is 14.1. The zero-order chi connectivity index (χ0) is 20.1. The quantitative estimate of drug-likeness (QED) is 0.413. The van der Waals surface area contributed by atoms with Crippen LogP contribution in [0, 0.1) is 5.82 Å². The monoisotopic (exact) mass is 387 g/mol. The van der Waals surface area contributed by atoms with Crippen LogP contribution in [0.25, 0.3) is 0 Å². The SMILES string of the molecule is COc1cccc(F)c1Oc1ccc(N(c2ccccn2)c2ccccn2)cc1. The maximum Gasteiger partial charge on any atom is 0.204 e. The number of pyridine rings is 2. The number of halogens is 1. The minimum atomic E-state index is -0.489. The molecule has 4 aromatic rings. The van der Waals surface area contributed by atoms with Crippen LogP contribution < -0.4 is 14.4 Å². The van der Waals surface area contributed by atoms with Crippen LogP contribution in [0.1, 0.15) is 0 Å². The summed E-state index contributed by atoms with van der Waals surface area (Å²) in [6.07, 6.45) is 3.46. The Hall–Kier alpha value is -3.93. The van der Waals surface area contributed by atoms with Crippen LogP contribution in [0.15, 0.2) is 91.3 Å². The van der Waals surface area contributed by atoms with Gasteiger partial charge < -0.3 is 9.47 Å². The van der Waals surface area contributed by atoms with Crippen LogP contribution in [0.3, 0.4) is 0 Å². The highest BCUT2D eigenvalue weighted by Gasteiger charge is 2.15. The molecule has 6 heteroatoms. The molecule has 144 valence electrons. The molecule has 0 unspecified atom stereocenters. The van der Waals surface area contributed by atoms with Gasteiger partial charge in [0.05, 0.1) is 7.11 Å². The third-order valence-electron chi connectivity index (χ3n) is 4.22. The van der Waals surface area contributed by atoms with E-state index < -0.39 is 5.82 Å². The number of anilines is 3. The molecule has 0 atom stereocenters. The average Bonchev–Trinajstić information content (AvgIpc) is 2.78. The molecule has 0 radical (unpaired) electrons. The lowest BCUT2D eigenvalue weighted by molar-refractivity contribution is 0.364. The molecule has 2 aromatic carbocycles. The number of benzene rings is 2. The number of ether oxygens (including phenoxy) is 2. The highest BCUT2D eigenvalue weighted by atomic mass is 19.1. The molecular weight excluding hydrogens is 369 g/mol. The molecule has 2 aromatic heterocycles. The molecule has 4 rings (SSSR count). The number of methoxy groups -OCH3 is 1. The number of hydrogen-bond donors (Lipinski definition) is 0. The van der Waals surface area contributed by atoms with E-state index in [-0.39, 0.29) is 5.75 Å². The maximum atomic E-state index is 14.1. The molecule has 0 aliphatic heterocycles. The van der Waals surface area contributed by atoms with Gasteiger partial charge in [0.25, 0.3) is 0 Å². The van der Waals surface area contributed by atoms with Crippen molar-refractivity contribution in [3.8, 4) is 17.2 Å². The minimum Gasteiger partial charge on any atom is -0.493 e. The number of para-hydroxylation sites is 1. The molecule has 0 saturated heterocycles. The summed E-state index contributed by atoms with van der Waals surface area (Å²) in [5.41, 5.74) is 0.843. The van der Waals surface area contributed by atoms with Gasteiger partial charge >= 0.3 is 0 Å². The molecule has 0 aliphatic rings. The highest BCUT2D eigenvalue weighted by molar-refractivity contribution is 5.72. The minimum absolute atomic E-state index is 0.0501. The fourth-order valence-electron chi connectivity index (χ4n) is 2.88. The number of aromatic nitrogens is 2. The summed E-state index contributed by atoms with van der Waals surface area (Å²) in [7, 11) is 1.47. The van der Waals surface area contributed by atoms with Crippen molar-refractivity contribution in [1.29, 1.82) is 0 Å². The van der Waals surface area contributed by atoms with Gasteiger partial charge in [0.15, 0.2) is 11.6 Å². The van der Waals surface area contributed by atoms with Crippen molar-refractivity contribution in [2.45, 2.75) is 0 Å². The zero-order valence-corrected chi connectivity index (χ0v) is 15.7. The Kier molecular flexibility index (Phi) is 5.33. The summed E-state index contributed by atoms with van der Waals surface area (Å²) in [4.78, 5) is 10.8. The molecule has 29 heavy (non-hydrogen) atoms. The van der Waals surface area contributed by atoms with Gasteiger partial charge in [-0.3, -0.25) is 4.90 Å². The Morgan fingerprint density at radius 1 is 0.759 bits per heavy atom. The molecule has 0 saturated carbocycles. The van der Waals surface area contributed by atoms with Crippen molar-refractivity contribution >= 4 is 17.3 Å². The third-order valence-corrected chi connectivity index (χ3v) is 4.22. The van der Waals surface area contributed by atoms with Crippen molar-refractivity contribution < 1.29 is 13.9 Å². The largest absolute Gasteiger partial charge is 0.493 e. The molecule has 0 bridgehead atoms. The lowest BCUT2D eigenvalue weighted by Gasteiger charge is -2.23. The summed E-state index contributed by atoms with van der Waals surface area (Å²) in [5.74, 6) is 1.84. The number of rotatable bonds is 6. The molecule has 0 fully saturated rings. The van der Waals surface area contributed by atoms with E-state index in [0.29, 0.717) is 11.5 Å². The van der Waals surface area contributed by atoms with E-state index in [2.05, 4.69) is 9.97 Å². The zero-order valence-electron chi connectivity index (χ0n) is 15.7. The third kappa shape index (κ3) is 4.01. The van der Waals surface area contributed by atoms with Gasteiger partial charge in [0.2, 0.25) is 5.75 Å². The Labute approximate surface area is 168 Å². The predicted molar refractivity (Wildman–Crippen MR) is 110 cm³/mol. The molecule has 0 aliphatic carbocycles. The standard InChI is InChI=1S/C23H18FN3O2/c1-28-20-8-6-7-19(24)23(20)29-18-13-11-17(12-14-18)27(21-9-2-4-15-25-21)22-10-3-5-16-26-22/h2-16H,1H3. The van der Waals surface area contributed by atoms with Gasteiger partial charge in [0.1, 0.15) is 17.4 Å². The van der Waals surface area contributed by atoms with Crippen LogP contribution >= 0.6 is 0 Å². The van der Waals surface area contributed by atoms with Crippen molar-refractivity contribution in [2.24, 2.45) is 0 Å². The van der Waals surface area contributed by atoms with Crippen LogP contribution in [0.4, 0.5) is 21.7 Å². The Morgan fingerprint density at radius 3 is 1.97 bits per heavy atom. The number of nitrogens with zero attached hydrogens (tertiary/aromatic N) is 3. The van der Waals surface area contributed by atoms with Gasteiger partial charge in [-0.25, -0.2) is 14.4 Å². The van der Waals surface area contributed by atoms with Gasteiger partial charge in [-0.05, 0) is 60.7 Å². The van der Waals surface area contributed by atoms with Crippen molar-refractivity contribution in [3.05, 3.63) is 97.1 Å². The first-order valence-electron chi connectivity index (χ1n) is 8.99. The van der Waals surface area contributed by atoms with Crippen LogP contribution in [0.2, 0.25) is 0 Å². The second-order valence-corrected chi connectivity index (χ2v) is 6.08. The topological polar surface area (TPSA) is 47.5 Å². The second kappa shape index (κ2) is 8.39. The second-order valence-electron chi connectivity index (χ2n) is 6.08. The predicted octanol–water partition coefficient (Wildman–Crippen LogP) is 5.89. The molecular formula is C23H18FN3O2. The Balaban J connectivity index is 1.67. The van der Waals surface area contributed by atoms with Crippen molar-refractivity contribution in [1.82, 2.24) is 9.97 Å². The average molecular weight is 387 g/mol. The van der Waals surface area contributed by atoms with E-state index in [0.717, 1.165) is 17.3 Å². The van der Waals surface area contributed by atoms with E-state index in [1.807, 2.05) is 53.4 Å². The highest BCUT2D eigenvalue weighted by Crippen LogP contribution is 2.36. The Bertz CT molecular complexity index is 1030. The molecule has 5 nitrogen and oxygen atoms in total. The van der Waals surface area contributed by atoms with Gasteiger partial charge in [-0.1, -0.05) is 18.2 Å².